The average molecular weight is 283 g/mol. The van der Waals surface area contributed by atoms with Crippen LogP contribution in [0.3, 0.4) is 0 Å². The van der Waals surface area contributed by atoms with Crippen LogP contribution in [0.5, 0.6) is 0 Å². The first-order valence-electron chi connectivity index (χ1n) is 6.84. The van der Waals surface area contributed by atoms with Crippen molar-refractivity contribution in [2.24, 2.45) is 7.05 Å². The Morgan fingerprint density at radius 3 is 2.95 bits per heavy atom. The number of carbonyl (C=O) groups excluding carboxylic acids is 1. The van der Waals surface area contributed by atoms with Crippen molar-refractivity contribution in [2.75, 3.05) is 0 Å². The van der Waals surface area contributed by atoms with E-state index in [4.69, 9.17) is 0 Å². The minimum Gasteiger partial charge on any atom is -0.349 e. The quantitative estimate of drug-likeness (QED) is 0.788. The topological polar surface area (TPSA) is 64.2 Å². The van der Waals surface area contributed by atoms with Crippen molar-refractivity contribution in [1.82, 2.24) is 24.7 Å². The Hall–Kier alpha value is -2.63. The molecule has 0 radical (unpaired) electrons. The van der Waals surface area contributed by atoms with Gasteiger partial charge in [-0.2, -0.15) is 0 Å². The van der Waals surface area contributed by atoms with Crippen molar-refractivity contribution in [3.63, 3.8) is 0 Å². The molecule has 1 amide bonds. The monoisotopic (exact) mass is 283 g/mol. The molecule has 3 aromatic heterocycles. The van der Waals surface area contributed by atoms with Gasteiger partial charge in [0.05, 0.1) is 11.3 Å². The third-order valence-electron chi connectivity index (χ3n) is 3.31. The fourth-order valence-electron chi connectivity index (χ4n) is 2.34. The summed E-state index contributed by atoms with van der Waals surface area (Å²) in [5.74, 6) is -0.0740. The molecule has 0 aliphatic carbocycles. The molecule has 0 unspecified atom stereocenters. The zero-order chi connectivity index (χ0) is 14.8. The minimum atomic E-state index is -0.0740. The number of aryl methyl sites for hydroxylation is 1. The highest BCUT2D eigenvalue weighted by Gasteiger charge is 2.13. The van der Waals surface area contributed by atoms with E-state index >= 15 is 0 Å². The van der Waals surface area contributed by atoms with Gasteiger partial charge in [0.2, 0.25) is 0 Å². The van der Waals surface area contributed by atoms with Gasteiger partial charge in [-0.25, -0.2) is 0 Å². The SMILES string of the molecule is C[C@H](Cc1cn(C)nn1)NC(=O)c1cc2ccccn2c1. The van der Waals surface area contributed by atoms with Crippen LogP contribution in [0.15, 0.2) is 42.9 Å². The molecule has 0 saturated carbocycles. The number of amides is 1. The first-order chi connectivity index (χ1) is 10.1. The van der Waals surface area contributed by atoms with Gasteiger partial charge < -0.3 is 9.72 Å². The molecule has 0 spiro atoms. The third kappa shape index (κ3) is 2.94. The lowest BCUT2D eigenvalue weighted by atomic mass is 10.2. The number of pyridine rings is 1. The molecule has 0 bridgehead atoms. The molecule has 0 saturated heterocycles. The Bertz CT molecular complexity index is 740. The van der Waals surface area contributed by atoms with Crippen LogP contribution in [0.4, 0.5) is 0 Å². The fourth-order valence-corrected chi connectivity index (χ4v) is 2.34. The van der Waals surface area contributed by atoms with E-state index < -0.39 is 0 Å². The number of hydrogen-bond acceptors (Lipinski definition) is 3. The van der Waals surface area contributed by atoms with Crippen LogP contribution >= 0.6 is 0 Å². The predicted octanol–water partition coefficient (Wildman–Crippen LogP) is 1.43. The van der Waals surface area contributed by atoms with E-state index in [0.29, 0.717) is 12.0 Å². The second-order valence-corrected chi connectivity index (χ2v) is 5.22. The minimum absolute atomic E-state index is 0.00258. The van der Waals surface area contributed by atoms with Gasteiger partial charge in [0.25, 0.3) is 5.91 Å². The summed E-state index contributed by atoms with van der Waals surface area (Å²) in [6, 6.07) is 7.74. The molecule has 3 aromatic rings. The Balaban J connectivity index is 1.67. The summed E-state index contributed by atoms with van der Waals surface area (Å²) in [7, 11) is 1.83. The summed E-state index contributed by atoms with van der Waals surface area (Å²) in [6.45, 7) is 1.96. The van der Waals surface area contributed by atoms with Gasteiger partial charge >= 0.3 is 0 Å². The van der Waals surface area contributed by atoms with Gasteiger partial charge in [-0.05, 0) is 25.1 Å². The average Bonchev–Trinajstić information content (AvgIpc) is 3.04. The molecule has 0 aliphatic rings. The van der Waals surface area contributed by atoms with E-state index in [1.54, 1.807) is 4.68 Å². The zero-order valence-corrected chi connectivity index (χ0v) is 12.0. The number of carbonyl (C=O) groups is 1. The van der Waals surface area contributed by atoms with E-state index in [1.165, 1.54) is 0 Å². The van der Waals surface area contributed by atoms with Gasteiger partial charge in [-0.1, -0.05) is 11.3 Å². The highest BCUT2D eigenvalue weighted by molar-refractivity contribution is 5.95. The van der Waals surface area contributed by atoms with E-state index in [1.807, 2.05) is 61.2 Å². The molecule has 108 valence electrons. The van der Waals surface area contributed by atoms with Crippen molar-refractivity contribution >= 4 is 11.4 Å². The number of hydrogen-bond donors (Lipinski definition) is 1. The molecule has 1 N–H and O–H groups in total. The number of aromatic nitrogens is 4. The van der Waals surface area contributed by atoms with Gasteiger partial charge in [0.15, 0.2) is 0 Å². The van der Waals surface area contributed by atoms with Gasteiger partial charge in [-0.15, -0.1) is 5.10 Å². The number of rotatable bonds is 4. The van der Waals surface area contributed by atoms with Crippen LogP contribution < -0.4 is 5.32 Å². The van der Waals surface area contributed by atoms with E-state index in [9.17, 15) is 4.79 Å². The summed E-state index contributed by atoms with van der Waals surface area (Å²) in [6.07, 6.45) is 6.27. The molecule has 0 aliphatic heterocycles. The highest BCUT2D eigenvalue weighted by atomic mass is 16.1. The van der Waals surface area contributed by atoms with Crippen LogP contribution in [0, 0.1) is 0 Å². The van der Waals surface area contributed by atoms with E-state index in [2.05, 4.69) is 15.6 Å². The molecule has 6 heteroatoms. The Kier molecular flexibility index (Phi) is 3.43. The lowest BCUT2D eigenvalue weighted by molar-refractivity contribution is 0.0940. The van der Waals surface area contributed by atoms with Gasteiger partial charge in [-0.3, -0.25) is 9.48 Å². The van der Waals surface area contributed by atoms with Gasteiger partial charge in [0.1, 0.15) is 0 Å². The Morgan fingerprint density at radius 2 is 2.24 bits per heavy atom. The molecule has 1 atom stereocenters. The van der Waals surface area contributed by atoms with Crippen molar-refractivity contribution in [3.8, 4) is 0 Å². The lowest BCUT2D eigenvalue weighted by Crippen LogP contribution is -2.34. The zero-order valence-electron chi connectivity index (χ0n) is 12.0. The lowest BCUT2D eigenvalue weighted by Gasteiger charge is -2.11. The van der Waals surface area contributed by atoms with E-state index in [0.717, 1.165) is 11.2 Å². The summed E-state index contributed by atoms with van der Waals surface area (Å²) >= 11 is 0. The van der Waals surface area contributed by atoms with Crippen molar-refractivity contribution in [3.05, 3.63) is 54.1 Å². The maximum atomic E-state index is 12.3. The maximum absolute atomic E-state index is 12.3. The maximum Gasteiger partial charge on any atom is 0.253 e. The molecule has 0 aromatic carbocycles. The Morgan fingerprint density at radius 1 is 1.38 bits per heavy atom. The van der Waals surface area contributed by atoms with Gasteiger partial charge in [0, 0.05) is 43.6 Å². The molecule has 3 heterocycles. The van der Waals surface area contributed by atoms with Crippen LogP contribution in [-0.2, 0) is 13.5 Å². The van der Waals surface area contributed by atoms with Crippen molar-refractivity contribution < 1.29 is 4.79 Å². The smallest absolute Gasteiger partial charge is 0.253 e. The number of fused-ring (bicyclic) bond motifs is 1. The van der Waals surface area contributed by atoms with Crippen LogP contribution in [0.1, 0.15) is 23.0 Å². The summed E-state index contributed by atoms with van der Waals surface area (Å²) in [5.41, 5.74) is 2.53. The Labute approximate surface area is 122 Å². The first-order valence-corrected chi connectivity index (χ1v) is 6.84. The summed E-state index contributed by atoms with van der Waals surface area (Å²) < 4.78 is 3.59. The predicted molar refractivity (Wildman–Crippen MR) is 79.0 cm³/mol. The largest absolute Gasteiger partial charge is 0.349 e. The highest BCUT2D eigenvalue weighted by Crippen LogP contribution is 2.10. The number of nitrogens with one attached hydrogen (secondary N) is 1. The first kappa shape index (κ1) is 13.4. The molecular weight excluding hydrogens is 266 g/mol. The van der Waals surface area contributed by atoms with Crippen LogP contribution in [0.25, 0.3) is 5.52 Å². The summed E-state index contributed by atoms with van der Waals surface area (Å²) in [5, 5.41) is 10.9. The van der Waals surface area contributed by atoms with Crippen molar-refractivity contribution in [1.29, 1.82) is 0 Å². The van der Waals surface area contributed by atoms with E-state index in [-0.39, 0.29) is 11.9 Å². The second-order valence-electron chi connectivity index (χ2n) is 5.22. The third-order valence-corrected chi connectivity index (χ3v) is 3.31. The van der Waals surface area contributed by atoms with Crippen LogP contribution in [0.2, 0.25) is 0 Å². The molecular formula is C15H17N5O. The molecule has 0 fully saturated rings. The van der Waals surface area contributed by atoms with Crippen LogP contribution in [-0.4, -0.2) is 31.3 Å². The molecule has 6 nitrogen and oxygen atoms in total. The fraction of sp³-hybridized carbons (Fsp3) is 0.267. The standard InChI is InChI=1S/C15H17N5O/c1-11(7-13-10-19(2)18-17-13)16-15(21)12-8-14-5-3-4-6-20(14)9-12/h3-6,8-11H,7H2,1-2H3,(H,16,21)/t11-/m1/s1. The van der Waals surface area contributed by atoms with Crippen molar-refractivity contribution in [2.45, 2.75) is 19.4 Å². The molecule has 21 heavy (non-hydrogen) atoms. The second kappa shape index (κ2) is 5.40. The summed E-state index contributed by atoms with van der Waals surface area (Å²) in [4.78, 5) is 12.3. The number of nitrogens with zero attached hydrogens (tertiary/aromatic N) is 4. The normalized spacial score (nSPS) is 12.5. The molecule has 3 rings (SSSR count).